The predicted octanol–water partition coefficient (Wildman–Crippen LogP) is 2.41. The van der Waals surface area contributed by atoms with E-state index in [0.29, 0.717) is 5.88 Å². The number of halogens is 1. The average Bonchev–Trinajstić information content (AvgIpc) is 2.26. The van der Waals surface area contributed by atoms with Crippen molar-refractivity contribution in [2.24, 2.45) is 0 Å². The number of hydrogen-bond donors (Lipinski definition) is 1. The molecule has 1 heterocycles. The molecule has 2 atom stereocenters. The Kier molecular flexibility index (Phi) is 5.71. The Bertz CT molecular complexity index is 179. The van der Waals surface area contributed by atoms with Gasteiger partial charge in [0.05, 0.1) is 5.25 Å². The van der Waals surface area contributed by atoms with E-state index in [4.69, 9.17) is 11.6 Å². The Morgan fingerprint density at radius 1 is 1.64 bits per heavy atom. The fourth-order valence-corrected chi connectivity index (χ4v) is 2.99. The summed E-state index contributed by atoms with van der Waals surface area (Å²) in [5, 5.41) is 3.16. The van der Waals surface area contributed by atoms with Crippen LogP contribution in [0, 0.1) is 0 Å². The monoisotopic (exact) mass is 235 g/mol. The van der Waals surface area contributed by atoms with Crippen molar-refractivity contribution in [3.63, 3.8) is 0 Å². The first kappa shape index (κ1) is 12.2. The van der Waals surface area contributed by atoms with Crippen molar-refractivity contribution >= 4 is 29.3 Å². The fourth-order valence-electron chi connectivity index (χ4n) is 1.49. The van der Waals surface area contributed by atoms with E-state index in [0.717, 1.165) is 18.6 Å². The van der Waals surface area contributed by atoms with Crippen LogP contribution in [0.25, 0.3) is 0 Å². The molecule has 0 bridgehead atoms. The van der Waals surface area contributed by atoms with Gasteiger partial charge in [-0.2, -0.15) is 0 Å². The summed E-state index contributed by atoms with van der Waals surface area (Å²) < 4.78 is 0. The Morgan fingerprint density at radius 2 is 2.43 bits per heavy atom. The van der Waals surface area contributed by atoms with Gasteiger partial charge in [-0.05, 0) is 25.0 Å². The molecule has 4 heteroatoms. The summed E-state index contributed by atoms with van der Waals surface area (Å²) in [7, 11) is 0. The third-order valence-corrected chi connectivity index (χ3v) is 4.25. The van der Waals surface area contributed by atoms with Gasteiger partial charge in [0, 0.05) is 11.9 Å². The van der Waals surface area contributed by atoms with E-state index in [-0.39, 0.29) is 17.2 Å². The largest absolute Gasteiger partial charge is 0.351 e. The van der Waals surface area contributed by atoms with E-state index in [9.17, 15) is 4.79 Å². The Labute approximate surface area is 95.2 Å². The minimum atomic E-state index is 0.145. The van der Waals surface area contributed by atoms with Crippen LogP contribution in [-0.2, 0) is 4.79 Å². The van der Waals surface area contributed by atoms with Crippen LogP contribution >= 0.6 is 23.4 Å². The van der Waals surface area contributed by atoms with Crippen LogP contribution in [0.15, 0.2) is 0 Å². The molecule has 1 rings (SSSR count). The first-order chi connectivity index (χ1) is 6.77. The number of nitrogens with one attached hydrogen (secondary N) is 1. The number of carbonyl (C=O) groups is 1. The lowest BCUT2D eigenvalue weighted by molar-refractivity contribution is -0.121. The van der Waals surface area contributed by atoms with Gasteiger partial charge in [-0.3, -0.25) is 4.79 Å². The molecular formula is C10H18ClNOS. The first-order valence-electron chi connectivity index (χ1n) is 5.25. The second-order valence-corrected chi connectivity index (χ2v) is 5.24. The van der Waals surface area contributed by atoms with Gasteiger partial charge in [0.25, 0.3) is 0 Å². The summed E-state index contributed by atoms with van der Waals surface area (Å²) in [6.45, 7) is 2.04. The quantitative estimate of drug-likeness (QED) is 0.759. The van der Waals surface area contributed by atoms with E-state index in [1.54, 1.807) is 11.8 Å². The normalized spacial score (nSPS) is 24.3. The van der Waals surface area contributed by atoms with Gasteiger partial charge in [0.1, 0.15) is 0 Å². The molecule has 14 heavy (non-hydrogen) atoms. The van der Waals surface area contributed by atoms with Crippen molar-refractivity contribution in [2.75, 3.05) is 11.6 Å². The van der Waals surface area contributed by atoms with Crippen LogP contribution in [0.1, 0.15) is 32.6 Å². The molecule has 1 amide bonds. The Balaban J connectivity index is 2.32. The van der Waals surface area contributed by atoms with Crippen LogP contribution in [0.5, 0.6) is 0 Å². The molecule has 0 aromatic rings. The van der Waals surface area contributed by atoms with Crippen molar-refractivity contribution in [3.05, 3.63) is 0 Å². The van der Waals surface area contributed by atoms with E-state index >= 15 is 0 Å². The highest BCUT2D eigenvalue weighted by Crippen LogP contribution is 2.25. The summed E-state index contributed by atoms with van der Waals surface area (Å²) in [6, 6.07) is 0.145. The molecule has 1 N–H and O–H groups in total. The predicted molar refractivity (Wildman–Crippen MR) is 63.0 cm³/mol. The molecule has 2 unspecified atom stereocenters. The number of carbonyl (C=O) groups excluding carboxylic acids is 1. The summed E-state index contributed by atoms with van der Waals surface area (Å²) in [6.07, 6.45) is 4.37. The number of thioether (sulfide) groups is 1. The van der Waals surface area contributed by atoms with Gasteiger partial charge >= 0.3 is 0 Å². The standard InChI is InChI=1S/C10H18ClNOS/c1-2-8(7-11)12-10(13)9-5-3-4-6-14-9/h8-9H,2-7H2,1H3,(H,12,13). The zero-order chi connectivity index (χ0) is 10.4. The average molecular weight is 236 g/mol. The molecule has 82 valence electrons. The zero-order valence-corrected chi connectivity index (χ0v) is 10.2. The molecule has 1 fully saturated rings. The summed E-state index contributed by atoms with van der Waals surface area (Å²) >= 11 is 7.51. The molecule has 1 saturated heterocycles. The van der Waals surface area contributed by atoms with Crippen molar-refractivity contribution in [3.8, 4) is 0 Å². The number of rotatable bonds is 4. The molecule has 0 aliphatic carbocycles. The molecule has 1 aliphatic rings. The van der Waals surface area contributed by atoms with Crippen LogP contribution in [0.4, 0.5) is 0 Å². The highest BCUT2D eigenvalue weighted by molar-refractivity contribution is 8.00. The van der Waals surface area contributed by atoms with Crippen molar-refractivity contribution in [1.29, 1.82) is 0 Å². The SMILES string of the molecule is CCC(CCl)NC(=O)C1CCCCS1. The van der Waals surface area contributed by atoms with Gasteiger partial charge < -0.3 is 5.32 Å². The van der Waals surface area contributed by atoms with E-state index in [1.807, 2.05) is 6.92 Å². The Morgan fingerprint density at radius 3 is 2.93 bits per heavy atom. The number of hydrogen-bond acceptors (Lipinski definition) is 2. The number of alkyl halides is 1. The van der Waals surface area contributed by atoms with Gasteiger partial charge in [-0.1, -0.05) is 13.3 Å². The maximum absolute atomic E-state index is 11.7. The van der Waals surface area contributed by atoms with Crippen molar-refractivity contribution in [2.45, 2.75) is 43.9 Å². The summed E-state index contributed by atoms with van der Waals surface area (Å²) in [4.78, 5) is 11.7. The minimum absolute atomic E-state index is 0.145. The smallest absolute Gasteiger partial charge is 0.233 e. The van der Waals surface area contributed by atoms with Gasteiger partial charge in [-0.25, -0.2) is 0 Å². The lowest BCUT2D eigenvalue weighted by Gasteiger charge is -2.23. The molecule has 0 aromatic heterocycles. The Hall–Kier alpha value is 0.110. The first-order valence-corrected chi connectivity index (χ1v) is 6.84. The number of amides is 1. The van der Waals surface area contributed by atoms with Crippen LogP contribution in [-0.4, -0.2) is 28.8 Å². The van der Waals surface area contributed by atoms with E-state index < -0.39 is 0 Å². The lowest BCUT2D eigenvalue weighted by Crippen LogP contribution is -2.41. The van der Waals surface area contributed by atoms with Crippen LogP contribution in [0.3, 0.4) is 0 Å². The summed E-state index contributed by atoms with van der Waals surface area (Å²) in [5.41, 5.74) is 0. The maximum atomic E-state index is 11.7. The second-order valence-electron chi connectivity index (χ2n) is 3.62. The fraction of sp³-hybridized carbons (Fsp3) is 0.900. The van der Waals surface area contributed by atoms with Gasteiger partial charge in [0.15, 0.2) is 0 Å². The molecule has 0 radical (unpaired) electrons. The van der Waals surface area contributed by atoms with E-state index in [1.165, 1.54) is 12.8 Å². The lowest BCUT2D eigenvalue weighted by atomic mass is 10.1. The van der Waals surface area contributed by atoms with Crippen molar-refractivity contribution < 1.29 is 4.79 Å². The third-order valence-electron chi connectivity index (χ3n) is 2.50. The van der Waals surface area contributed by atoms with E-state index in [2.05, 4.69) is 5.32 Å². The molecule has 0 spiro atoms. The zero-order valence-electron chi connectivity index (χ0n) is 8.59. The molecule has 1 aliphatic heterocycles. The second kappa shape index (κ2) is 6.57. The summed E-state index contributed by atoms with van der Waals surface area (Å²) in [5.74, 6) is 1.82. The van der Waals surface area contributed by atoms with Crippen LogP contribution in [0.2, 0.25) is 0 Å². The van der Waals surface area contributed by atoms with Gasteiger partial charge in [0.2, 0.25) is 5.91 Å². The minimum Gasteiger partial charge on any atom is -0.351 e. The molecule has 0 saturated carbocycles. The topological polar surface area (TPSA) is 29.1 Å². The molecule has 0 aromatic carbocycles. The maximum Gasteiger partial charge on any atom is 0.233 e. The van der Waals surface area contributed by atoms with Crippen molar-refractivity contribution in [1.82, 2.24) is 5.32 Å². The van der Waals surface area contributed by atoms with Gasteiger partial charge in [-0.15, -0.1) is 23.4 Å². The highest BCUT2D eigenvalue weighted by atomic mass is 35.5. The third kappa shape index (κ3) is 3.70. The molecular weight excluding hydrogens is 218 g/mol. The molecule has 2 nitrogen and oxygen atoms in total. The highest BCUT2D eigenvalue weighted by Gasteiger charge is 2.22. The van der Waals surface area contributed by atoms with Crippen LogP contribution < -0.4 is 5.32 Å².